The minimum absolute atomic E-state index is 0.310. The molecule has 0 amide bonds. The van der Waals surface area contributed by atoms with E-state index in [0.29, 0.717) is 18.0 Å². The molecule has 1 unspecified atom stereocenters. The van der Waals surface area contributed by atoms with E-state index in [0.717, 1.165) is 13.1 Å². The van der Waals surface area contributed by atoms with Gasteiger partial charge < -0.3 is 10.8 Å². The first-order valence-corrected chi connectivity index (χ1v) is 5.57. The van der Waals surface area contributed by atoms with E-state index in [2.05, 4.69) is 25.7 Å². The molecule has 1 rings (SSSR count). The third-order valence-corrected chi connectivity index (χ3v) is 3.08. The van der Waals surface area contributed by atoms with Gasteiger partial charge in [0.15, 0.2) is 0 Å². The lowest BCUT2D eigenvalue weighted by atomic mass is 9.85. The number of rotatable bonds is 3. The number of aliphatic hydroxyl groups is 1. The van der Waals surface area contributed by atoms with Crippen LogP contribution in [0.4, 0.5) is 0 Å². The van der Waals surface area contributed by atoms with Crippen LogP contribution < -0.4 is 5.73 Å². The molecule has 0 radical (unpaired) electrons. The van der Waals surface area contributed by atoms with E-state index >= 15 is 0 Å². The van der Waals surface area contributed by atoms with E-state index in [1.165, 1.54) is 12.8 Å². The Morgan fingerprint density at radius 1 is 1.50 bits per heavy atom. The van der Waals surface area contributed by atoms with E-state index in [1.54, 1.807) is 0 Å². The largest absolute Gasteiger partial charge is 0.390 e. The molecule has 0 aromatic rings. The first-order chi connectivity index (χ1) is 6.45. The van der Waals surface area contributed by atoms with Gasteiger partial charge in [0.05, 0.1) is 6.10 Å². The zero-order chi connectivity index (χ0) is 10.8. The highest BCUT2D eigenvalue weighted by atomic mass is 16.3. The van der Waals surface area contributed by atoms with Gasteiger partial charge in [0.25, 0.3) is 0 Å². The Labute approximate surface area is 87.3 Å². The third kappa shape index (κ3) is 2.94. The Morgan fingerprint density at radius 2 is 2.14 bits per heavy atom. The predicted octanol–water partition coefficient (Wildman–Crippen LogP) is 0.817. The second-order valence-electron chi connectivity index (χ2n) is 5.41. The van der Waals surface area contributed by atoms with Crippen molar-refractivity contribution in [2.45, 2.75) is 45.8 Å². The molecule has 0 bridgehead atoms. The van der Waals surface area contributed by atoms with Crippen molar-refractivity contribution in [3.8, 4) is 0 Å². The highest BCUT2D eigenvalue weighted by Crippen LogP contribution is 2.32. The average molecular weight is 200 g/mol. The molecular weight excluding hydrogens is 176 g/mol. The van der Waals surface area contributed by atoms with Crippen LogP contribution in [0.5, 0.6) is 0 Å². The van der Waals surface area contributed by atoms with Crippen molar-refractivity contribution in [2.24, 2.45) is 11.1 Å². The second-order valence-corrected chi connectivity index (χ2v) is 5.41. The number of β-amino-alcohol motifs (C(OH)–C–C–N with tert-alkyl or cyclic N) is 1. The third-order valence-electron chi connectivity index (χ3n) is 3.08. The van der Waals surface area contributed by atoms with Crippen molar-refractivity contribution < 1.29 is 5.11 Å². The first-order valence-electron chi connectivity index (χ1n) is 5.57. The van der Waals surface area contributed by atoms with Gasteiger partial charge >= 0.3 is 0 Å². The molecule has 1 heterocycles. The summed E-state index contributed by atoms with van der Waals surface area (Å²) in [6.45, 7) is 9.02. The van der Waals surface area contributed by atoms with Gasteiger partial charge in [0, 0.05) is 19.1 Å². The highest BCUT2D eigenvalue weighted by Gasteiger charge is 2.34. The van der Waals surface area contributed by atoms with Crippen LogP contribution in [0, 0.1) is 5.41 Å². The van der Waals surface area contributed by atoms with Gasteiger partial charge in [-0.2, -0.15) is 0 Å². The topological polar surface area (TPSA) is 49.5 Å². The molecule has 1 saturated heterocycles. The van der Waals surface area contributed by atoms with Crippen LogP contribution in [0.15, 0.2) is 0 Å². The smallest absolute Gasteiger partial charge is 0.0789 e. The Kier molecular flexibility index (Phi) is 3.93. The Bertz CT molecular complexity index is 177. The van der Waals surface area contributed by atoms with Crippen LogP contribution >= 0.6 is 0 Å². The summed E-state index contributed by atoms with van der Waals surface area (Å²) in [4.78, 5) is 2.39. The van der Waals surface area contributed by atoms with Crippen LogP contribution in [0.2, 0.25) is 0 Å². The van der Waals surface area contributed by atoms with Crippen molar-refractivity contribution in [2.75, 3.05) is 19.6 Å². The molecule has 0 aliphatic carbocycles. The molecule has 0 aromatic heterocycles. The van der Waals surface area contributed by atoms with Crippen LogP contribution in [0.25, 0.3) is 0 Å². The molecule has 1 aliphatic heterocycles. The van der Waals surface area contributed by atoms with Crippen molar-refractivity contribution in [1.82, 2.24) is 4.90 Å². The maximum atomic E-state index is 9.54. The van der Waals surface area contributed by atoms with Gasteiger partial charge in [-0.15, -0.1) is 0 Å². The molecule has 0 spiro atoms. The Balaban J connectivity index is 2.51. The van der Waals surface area contributed by atoms with Gasteiger partial charge in [-0.25, -0.2) is 0 Å². The quantitative estimate of drug-likeness (QED) is 0.709. The summed E-state index contributed by atoms with van der Waals surface area (Å²) in [5.74, 6) is 0. The number of nitrogens with two attached hydrogens (primary N) is 1. The van der Waals surface area contributed by atoms with Crippen molar-refractivity contribution in [3.63, 3.8) is 0 Å². The molecule has 14 heavy (non-hydrogen) atoms. The monoisotopic (exact) mass is 200 g/mol. The lowest BCUT2D eigenvalue weighted by Gasteiger charge is -2.35. The van der Waals surface area contributed by atoms with Gasteiger partial charge in [-0.05, 0) is 24.8 Å². The second kappa shape index (κ2) is 4.60. The summed E-state index contributed by atoms with van der Waals surface area (Å²) < 4.78 is 0. The number of likely N-dealkylation sites (tertiary alicyclic amines) is 1. The molecule has 1 aliphatic rings. The van der Waals surface area contributed by atoms with Crippen LogP contribution in [-0.4, -0.2) is 41.8 Å². The Morgan fingerprint density at radius 3 is 2.64 bits per heavy atom. The van der Waals surface area contributed by atoms with Crippen molar-refractivity contribution >= 4 is 0 Å². The SMILES string of the molecule is CC(C)(C)C1CCCN1C[C@@H](O)CN. The van der Waals surface area contributed by atoms with E-state index in [9.17, 15) is 5.11 Å². The molecule has 0 aromatic carbocycles. The molecule has 84 valence electrons. The fourth-order valence-corrected chi connectivity index (χ4v) is 2.37. The minimum atomic E-state index is -0.363. The standard InChI is InChI=1S/C11H24N2O/c1-11(2,3)10-5-4-6-13(10)8-9(14)7-12/h9-10,14H,4-8,12H2,1-3H3/t9-,10?/m0/s1. The van der Waals surface area contributed by atoms with Gasteiger partial charge in [0.2, 0.25) is 0 Å². The summed E-state index contributed by atoms with van der Waals surface area (Å²) >= 11 is 0. The van der Waals surface area contributed by atoms with E-state index < -0.39 is 0 Å². The summed E-state index contributed by atoms with van der Waals surface area (Å²) in [6.07, 6.45) is 2.14. The fraction of sp³-hybridized carbons (Fsp3) is 1.00. The van der Waals surface area contributed by atoms with E-state index in [4.69, 9.17) is 5.73 Å². The Hall–Kier alpha value is -0.120. The predicted molar refractivity (Wildman–Crippen MR) is 59.1 cm³/mol. The maximum Gasteiger partial charge on any atom is 0.0789 e. The molecule has 2 atom stereocenters. The number of hydrogen-bond acceptors (Lipinski definition) is 3. The molecular formula is C11H24N2O. The van der Waals surface area contributed by atoms with Crippen LogP contribution in [-0.2, 0) is 0 Å². The summed E-state index contributed by atoms with van der Waals surface area (Å²) in [6, 6.07) is 0.601. The maximum absolute atomic E-state index is 9.54. The van der Waals surface area contributed by atoms with E-state index in [1.807, 2.05) is 0 Å². The lowest BCUT2D eigenvalue weighted by Crippen LogP contribution is -2.44. The van der Waals surface area contributed by atoms with Gasteiger partial charge in [-0.1, -0.05) is 20.8 Å². The van der Waals surface area contributed by atoms with Crippen LogP contribution in [0.3, 0.4) is 0 Å². The van der Waals surface area contributed by atoms with Gasteiger partial charge in [0.1, 0.15) is 0 Å². The van der Waals surface area contributed by atoms with Crippen LogP contribution in [0.1, 0.15) is 33.6 Å². The summed E-state index contributed by atoms with van der Waals surface area (Å²) in [5.41, 5.74) is 5.74. The highest BCUT2D eigenvalue weighted by molar-refractivity contribution is 4.89. The van der Waals surface area contributed by atoms with Crippen molar-refractivity contribution in [1.29, 1.82) is 0 Å². The first kappa shape index (κ1) is 12.0. The summed E-state index contributed by atoms with van der Waals surface area (Å²) in [7, 11) is 0. The normalized spacial score (nSPS) is 26.8. The van der Waals surface area contributed by atoms with Gasteiger partial charge in [-0.3, -0.25) is 4.90 Å². The minimum Gasteiger partial charge on any atom is -0.390 e. The molecule has 3 N–H and O–H groups in total. The average Bonchev–Trinajstić information content (AvgIpc) is 2.51. The lowest BCUT2D eigenvalue weighted by molar-refractivity contribution is 0.0750. The molecule has 3 nitrogen and oxygen atoms in total. The zero-order valence-corrected chi connectivity index (χ0v) is 9.66. The molecule has 1 fully saturated rings. The molecule has 3 heteroatoms. The number of hydrogen-bond donors (Lipinski definition) is 2. The fourth-order valence-electron chi connectivity index (χ4n) is 2.37. The molecule has 0 saturated carbocycles. The zero-order valence-electron chi connectivity index (χ0n) is 9.66. The van der Waals surface area contributed by atoms with Crippen molar-refractivity contribution in [3.05, 3.63) is 0 Å². The number of aliphatic hydroxyl groups excluding tert-OH is 1. The van der Waals surface area contributed by atoms with E-state index in [-0.39, 0.29) is 6.10 Å². The number of nitrogens with zero attached hydrogens (tertiary/aromatic N) is 1. The summed E-state index contributed by atoms with van der Waals surface area (Å²) in [5, 5.41) is 9.54.